The molecule has 0 aromatic carbocycles. The fraction of sp³-hybridized carbons (Fsp3) is 0.231. The van der Waals surface area contributed by atoms with Crippen molar-refractivity contribution in [3.8, 4) is 0 Å². The molecule has 2 aliphatic heterocycles. The van der Waals surface area contributed by atoms with Gasteiger partial charge in [-0.25, -0.2) is 9.37 Å². The number of carbonyl (C=O) groups is 1. The van der Waals surface area contributed by atoms with E-state index in [0.29, 0.717) is 24.6 Å². The average molecular weight is 488 g/mol. The molecule has 1 atom stereocenters. The molecule has 5 rings (SSSR count). The van der Waals surface area contributed by atoms with E-state index in [2.05, 4.69) is 30.6 Å². The lowest BCUT2D eigenvalue weighted by atomic mass is 9.96. The van der Waals surface area contributed by atoms with Gasteiger partial charge in [-0.3, -0.25) is 25.2 Å². The SMILES string of the molecule is CC(F)=CC(=O)Nc1ccnc(C2c3ccncc3C=CN2Nc2ccc(N3CCOCC3)nc2)c1. The van der Waals surface area contributed by atoms with Gasteiger partial charge in [0, 0.05) is 55.2 Å². The number of carbonyl (C=O) groups excluding carboxylic acids is 1. The number of rotatable bonds is 6. The molecule has 5 heterocycles. The molecule has 2 aliphatic rings. The predicted molar refractivity (Wildman–Crippen MR) is 136 cm³/mol. The second kappa shape index (κ2) is 10.5. The van der Waals surface area contributed by atoms with Crippen LogP contribution < -0.4 is 15.6 Å². The average Bonchev–Trinajstić information content (AvgIpc) is 2.89. The summed E-state index contributed by atoms with van der Waals surface area (Å²) in [6.45, 7) is 4.27. The van der Waals surface area contributed by atoms with Gasteiger partial charge >= 0.3 is 0 Å². The number of aromatic nitrogens is 3. The highest BCUT2D eigenvalue weighted by molar-refractivity contribution is 5.99. The maximum Gasteiger partial charge on any atom is 0.250 e. The van der Waals surface area contributed by atoms with Crippen molar-refractivity contribution < 1.29 is 13.9 Å². The van der Waals surface area contributed by atoms with Gasteiger partial charge in [0.05, 0.1) is 30.8 Å². The van der Waals surface area contributed by atoms with Gasteiger partial charge in [-0.15, -0.1) is 0 Å². The maximum atomic E-state index is 13.1. The van der Waals surface area contributed by atoms with Gasteiger partial charge in [0.1, 0.15) is 17.7 Å². The third kappa shape index (κ3) is 5.33. The molecule has 0 radical (unpaired) electrons. The predicted octanol–water partition coefficient (Wildman–Crippen LogP) is 3.92. The smallest absolute Gasteiger partial charge is 0.250 e. The van der Waals surface area contributed by atoms with Crippen molar-refractivity contribution in [3.63, 3.8) is 0 Å². The van der Waals surface area contributed by atoms with Crippen LogP contribution in [0.25, 0.3) is 6.08 Å². The van der Waals surface area contributed by atoms with E-state index in [9.17, 15) is 9.18 Å². The Bertz CT molecular complexity index is 1290. The number of anilines is 3. The molecule has 9 nitrogen and oxygen atoms in total. The van der Waals surface area contributed by atoms with Crippen molar-refractivity contribution in [2.75, 3.05) is 41.9 Å². The Kier molecular flexibility index (Phi) is 6.85. The third-order valence-electron chi connectivity index (χ3n) is 5.87. The lowest BCUT2D eigenvalue weighted by molar-refractivity contribution is -0.112. The minimum atomic E-state index is -0.566. The number of hydrazine groups is 1. The zero-order chi connectivity index (χ0) is 24.9. The van der Waals surface area contributed by atoms with E-state index in [0.717, 1.165) is 41.8 Å². The topological polar surface area (TPSA) is 95.5 Å². The first-order valence-electron chi connectivity index (χ1n) is 11.6. The van der Waals surface area contributed by atoms with Gasteiger partial charge in [-0.2, -0.15) is 0 Å². The highest BCUT2D eigenvalue weighted by atomic mass is 19.1. The van der Waals surface area contributed by atoms with Crippen LogP contribution in [-0.2, 0) is 9.53 Å². The van der Waals surface area contributed by atoms with E-state index in [1.54, 1.807) is 36.9 Å². The summed E-state index contributed by atoms with van der Waals surface area (Å²) in [5.74, 6) is -0.195. The summed E-state index contributed by atoms with van der Waals surface area (Å²) < 4.78 is 18.6. The summed E-state index contributed by atoms with van der Waals surface area (Å²) >= 11 is 0. The number of ether oxygens (including phenoxy) is 1. The molecule has 2 N–H and O–H groups in total. The summed E-state index contributed by atoms with van der Waals surface area (Å²) in [7, 11) is 0. The number of amides is 1. The number of nitrogens with one attached hydrogen (secondary N) is 2. The Morgan fingerprint density at radius 2 is 1.97 bits per heavy atom. The molecule has 0 spiro atoms. The molecule has 36 heavy (non-hydrogen) atoms. The molecule has 1 unspecified atom stereocenters. The zero-order valence-corrected chi connectivity index (χ0v) is 19.8. The van der Waals surface area contributed by atoms with Gasteiger partial charge in [0.15, 0.2) is 0 Å². The fourth-order valence-electron chi connectivity index (χ4n) is 4.22. The fourth-order valence-corrected chi connectivity index (χ4v) is 4.22. The Morgan fingerprint density at radius 1 is 1.11 bits per heavy atom. The van der Waals surface area contributed by atoms with Crippen molar-refractivity contribution in [1.82, 2.24) is 20.0 Å². The van der Waals surface area contributed by atoms with Crippen LogP contribution in [0.5, 0.6) is 0 Å². The highest BCUT2D eigenvalue weighted by Gasteiger charge is 2.27. The number of nitrogens with zero attached hydrogens (tertiary/aromatic N) is 5. The second-order valence-corrected chi connectivity index (χ2v) is 8.44. The van der Waals surface area contributed by atoms with Crippen molar-refractivity contribution in [2.45, 2.75) is 13.0 Å². The lowest BCUT2D eigenvalue weighted by Gasteiger charge is -2.35. The number of morpholine rings is 1. The number of allylic oxidation sites excluding steroid dienone is 1. The van der Waals surface area contributed by atoms with E-state index in [1.165, 1.54) is 6.92 Å². The molecule has 0 saturated carbocycles. The van der Waals surface area contributed by atoms with E-state index < -0.39 is 11.7 Å². The molecule has 3 aromatic rings. The summed E-state index contributed by atoms with van der Waals surface area (Å²) in [5.41, 5.74) is 7.40. The van der Waals surface area contributed by atoms with Crippen LogP contribution in [0.1, 0.15) is 29.8 Å². The molecule has 10 heteroatoms. The van der Waals surface area contributed by atoms with Gasteiger partial charge < -0.3 is 15.0 Å². The zero-order valence-electron chi connectivity index (χ0n) is 19.8. The first-order valence-corrected chi connectivity index (χ1v) is 11.6. The van der Waals surface area contributed by atoms with Crippen LogP contribution in [0.4, 0.5) is 21.6 Å². The van der Waals surface area contributed by atoms with Crippen molar-refractivity contribution in [3.05, 3.63) is 90.0 Å². The molecule has 1 amide bonds. The van der Waals surface area contributed by atoms with Crippen molar-refractivity contribution in [1.29, 1.82) is 0 Å². The normalized spacial score (nSPS) is 17.5. The second-order valence-electron chi connectivity index (χ2n) is 8.44. The van der Waals surface area contributed by atoms with E-state index >= 15 is 0 Å². The molecule has 0 aliphatic carbocycles. The van der Waals surface area contributed by atoms with Crippen LogP contribution >= 0.6 is 0 Å². The van der Waals surface area contributed by atoms with Crippen molar-refractivity contribution >= 4 is 29.2 Å². The molecule has 1 saturated heterocycles. The maximum absolute atomic E-state index is 13.1. The molecule has 184 valence electrons. The summed E-state index contributed by atoms with van der Waals surface area (Å²) in [6.07, 6.45) is 11.8. The molecule has 0 bridgehead atoms. The molecular weight excluding hydrogens is 461 g/mol. The van der Waals surface area contributed by atoms with Crippen LogP contribution in [0, 0.1) is 0 Å². The minimum Gasteiger partial charge on any atom is -0.378 e. The molecule has 3 aromatic heterocycles. The van der Waals surface area contributed by atoms with Crippen LogP contribution in [0.3, 0.4) is 0 Å². The Balaban J connectivity index is 1.41. The van der Waals surface area contributed by atoms with Gasteiger partial charge in [-0.1, -0.05) is 0 Å². The third-order valence-corrected chi connectivity index (χ3v) is 5.87. The molecular formula is C26H26FN7O2. The quantitative estimate of drug-likeness (QED) is 0.505. The number of halogens is 1. The summed E-state index contributed by atoms with van der Waals surface area (Å²) in [5, 5.41) is 4.63. The van der Waals surface area contributed by atoms with Gasteiger partial charge in [0.2, 0.25) is 0 Å². The Hall–Kier alpha value is -4.31. The lowest BCUT2D eigenvalue weighted by Crippen LogP contribution is -2.36. The number of hydrogen-bond acceptors (Lipinski definition) is 8. The highest BCUT2D eigenvalue weighted by Crippen LogP contribution is 2.35. The van der Waals surface area contributed by atoms with E-state index in [4.69, 9.17) is 4.74 Å². The van der Waals surface area contributed by atoms with Crippen LogP contribution in [0.15, 0.2) is 73.2 Å². The van der Waals surface area contributed by atoms with Gasteiger partial charge in [-0.05, 0) is 48.9 Å². The first kappa shape index (κ1) is 23.4. The number of hydrogen-bond donors (Lipinski definition) is 2. The van der Waals surface area contributed by atoms with Crippen LogP contribution in [0.2, 0.25) is 0 Å². The number of pyridine rings is 3. The van der Waals surface area contributed by atoms with E-state index in [-0.39, 0.29) is 6.04 Å². The monoisotopic (exact) mass is 487 g/mol. The Labute approximate surface area is 208 Å². The van der Waals surface area contributed by atoms with Crippen molar-refractivity contribution in [2.24, 2.45) is 0 Å². The summed E-state index contributed by atoms with van der Waals surface area (Å²) in [6, 6.07) is 9.05. The molecule has 1 fully saturated rings. The minimum absolute atomic E-state index is 0.317. The number of fused-ring (bicyclic) bond motifs is 1. The van der Waals surface area contributed by atoms with E-state index in [1.807, 2.05) is 35.5 Å². The summed E-state index contributed by atoms with van der Waals surface area (Å²) in [4.78, 5) is 27.7. The van der Waals surface area contributed by atoms with Gasteiger partial charge in [0.25, 0.3) is 5.91 Å². The van der Waals surface area contributed by atoms with Crippen LogP contribution in [-0.4, -0.2) is 52.2 Å². The first-order chi connectivity index (χ1) is 17.6. The Morgan fingerprint density at radius 3 is 2.75 bits per heavy atom. The largest absolute Gasteiger partial charge is 0.378 e. The standard InChI is InChI=1S/C26H26FN7O2/c1-18(27)14-25(35)31-20-4-8-29-23(15-20)26-22-5-7-28-16-19(22)6-9-34(26)32-21-2-3-24(30-17-21)33-10-12-36-13-11-33/h2-9,14-17,26,32H,10-13H2,1H3,(H,29,31,35).